The Kier molecular flexibility index (Phi) is 5.00. The number of rotatable bonds is 5. The molecule has 5 heteroatoms. The summed E-state index contributed by atoms with van der Waals surface area (Å²) in [6.45, 7) is 4.17. The van der Waals surface area contributed by atoms with Gasteiger partial charge in [0.2, 0.25) is 5.91 Å². The summed E-state index contributed by atoms with van der Waals surface area (Å²) in [6.07, 6.45) is 5.42. The predicted octanol–water partition coefficient (Wildman–Crippen LogP) is 2.69. The number of carbonyl (C=O) groups excluding carboxylic acids is 1. The van der Waals surface area contributed by atoms with E-state index in [1.165, 1.54) is 5.56 Å². The lowest BCUT2D eigenvalue weighted by atomic mass is 9.93. The van der Waals surface area contributed by atoms with Crippen molar-refractivity contribution in [2.45, 2.75) is 58.2 Å². The molecule has 2 N–H and O–H groups in total. The molecule has 24 heavy (non-hydrogen) atoms. The SMILES string of the molecule is CC(C)n1cc2c(n1)C(NC(=O)Cc1ccccc1CO)CCC2. The quantitative estimate of drug-likeness (QED) is 0.887. The number of carbonyl (C=O) groups is 1. The Morgan fingerprint density at radius 1 is 1.38 bits per heavy atom. The molecule has 0 saturated heterocycles. The molecule has 0 saturated carbocycles. The van der Waals surface area contributed by atoms with Crippen LogP contribution < -0.4 is 5.32 Å². The summed E-state index contributed by atoms with van der Waals surface area (Å²) in [6, 6.07) is 7.83. The van der Waals surface area contributed by atoms with E-state index in [1.54, 1.807) is 0 Å². The molecular formula is C19H25N3O2. The zero-order chi connectivity index (χ0) is 17.1. The van der Waals surface area contributed by atoms with Gasteiger partial charge in [-0.15, -0.1) is 0 Å². The average molecular weight is 327 g/mol. The van der Waals surface area contributed by atoms with Gasteiger partial charge in [-0.3, -0.25) is 9.48 Å². The molecule has 0 bridgehead atoms. The van der Waals surface area contributed by atoms with Gasteiger partial charge in [-0.25, -0.2) is 0 Å². The Balaban J connectivity index is 1.72. The number of hydrogen-bond donors (Lipinski definition) is 2. The first-order chi connectivity index (χ1) is 11.6. The van der Waals surface area contributed by atoms with Crippen LogP contribution in [0.2, 0.25) is 0 Å². The predicted molar refractivity (Wildman–Crippen MR) is 92.5 cm³/mol. The number of nitrogens with zero attached hydrogens (tertiary/aromatic N) is 2. The number of benzene rings is 1. The van der Waals surface area contributed by atoms with Crippen molar-refractivity contribution in [2.24, 2.45) is 0 Å². The maximum absolute atomic E-state index is 12.5. The highest BCUT2D eigenvalue weighted by atomic mass is 16.3. The van der Waals surface area contributed by atoms with Crippen molar-refractivity contribution in [2.75, 3.05) is 0 Å². The molecule has 0 radical (unpaired) electrons. The van der Waals surface area contributed by atoms with E-state index in [-0.39, 0.29) is 25.0 Å². The number of amides is 1. The third-order valence-electron chi connectivity index (χ3n) is 4.61. The molecule has 0 aliphatic heterocycles. The van der Waals surface area contributed by atoms with Crippen molar-refractivity contribution >= 4 is 5.91 Å². The van der Waals surface area contributed by atoms with Crippen molar-refractivity contribution < 1.29 is 9.90 Å². The first-order valence-corrected chi connectivity index (χ1v) is 8.63. The monoisotopic (exact) mass is 327 g/mol. The molecule has 1 aliphatic carbocycles. The minimum atomic E-state index is -0.0458. The van der Waals surface area contributed by atoms with E-state index in [1.807, 2.05) is 28.9 Å². The van der Waals surface area contributed by atoms with Crippen molar-refractivity contribution in [3.63, 3.8) is 0 Å². The lowest BCUT2D eigenvalue weighted by Crippen LogP contribution is -2.32. The molecule has 1 aromatic heterocycles. The van der Waals surface area contributed by atoms with Crippen molar-refractivity contribution in [3.8, 4) is 0 Å². The van der Waals surface area contributed by atoms with Gasteiger partial charge in [-0.05, 0) is 49.8 Å². The Labute approximate surface area is 142 Å². The molecule has 0 spiro atoms. The van der Waals surface area contributed by atoms with Gasteiger partial charge in [-0.2, -0.15) is 5.10 Å². The first kappa shape index (κ1) is 16.7. The second-order valence-electron chi connectivity index (χ2n) is 6.73. The van der Waals surface area contributed by atoms with E-state index in [9.17, 15) is 9.90 Å². The standard InChI is InChI=1S/C19H25N3O2/c1-13(2)22-11-15-8-5-9-17(19(15)21-22)20-18(24)10-14-6-3-4-7-16(14)12-23/h3-4,6-7,11,13,17,23H,5,8-10,12H2,1-2H3,(H,20,24). The highest BCUT2D eigenvalue weighted by Gasteiger charge is 2.25. The summed E-state index contributed by atoms with van der Waals surface area (Å²) in [5.74, 6) is -0.0205. The first-order valence-electron chi connectivity index (χ1n) is 8.63. The van der Waals surface area contributed by atoms with Crippen LogP contribution in [0.4, 0.5) is 0 Å². The summed E-state index contributed by atoms with van der Waals surface area (Å²) in [7, 11) is 0. The largest absolute Gasteiger partial charge is 0.392 e. The number of fused-ring (bicyclic) bond motifs is 1. The molecule has 1 atom stereocenters. The number of nitrogens with one attached hydrogen (secondary N) is 1. The van der Waals surface area contributed by atoms with Gasteiger partial charge < -0.3 is 10.4 Å². The van der Waals surface area contributed by atoms with Crippen LogP contribution in [0.15, 0.2) is 30.5 Å². The number of aliphatic hydroxyl groups excluding tert-OH is 1. The van der Waals surface area contributed by atoms with Crippen LogP contribution >= 0.6 is 0 Å². The molecule has 1 aliphatic rings. The highest BCUT2D eigenvalue weighted by molar-refractivity contribution is 5.79. The Morgan fingerprint density at radius 3 is 2.83 bits per heavy atom. The molecule has 128 valence electrons. The van der Waals surface area contributed by atoms with Gasteiger partial charge in [0.1, 0.15) is 0 Å². The second-order valence-corrected chi connectivity index (χ2v) is 6.73. The third kappa shape index (κ3) is 3.51. The van der Waals surface area contributed by atoms with Gasteiger partial charge in [0.15, 0.2) is 0 Å². The van der Waals surface area contributed by atoms with Crippen LogP contribution in [0.25, 0.3) is 0 Å². The zero-order valence-corrected chi connectivity index (χ0v) is 14.3. The second kappa shape index (κ2) is 7.18. The molecule has 1 heterocycles. The summed E-state index contributed by atoms with van der Waals surface area (Å²) in [5.41, 5.74) is 3.94. The summed E-state index contributed by atoms with van der Waals surface area (Å²) in [4.78, 5) is 12.5. The van der Waals surface area contributed by atoms with Gasteiger partial charge in [-0.1, -0.05) is 24.3 Å². The zero-order valence-electron chi connectivity index (χ0n) is 14.3. The van der Waals surface area contributed by atoms with Gasteiger partial charge in [0.05, 0.1) is 24.8 Å². The third-order valence-corrected chi connectivity index (χ3v) is 4.61. The lowest BCUT2D eigenvalue weighted by Gasteiger charge is -2.22. The number of aryl methyl sites for hydroxylation is 1. The molecule has 1 aromatic carbocycles. The van der Waals surface area contributed by atoms with E-state index in [2.05, 4.69) is 30.5 Å². The Morgan fingerprint density at radius 2 is 2.12 bits per heavy atom. The Bertz CT molecular complexity index is 721. The molecule has 1 unspecified atom stereocenters. The fraction of sp³-hybridized carbons (Fsp3) is 0.474. The van der Waals surface area contributed by atoms with E-state index in [4.69, 9.17) is 0 Å². The average Bonchev–Trinajstić information content (AvgIpc) is 3.01. The smallest absolute Gasteiger partial charge is 0.224 e. The van der Waals surface area contributed by atoms with Crippen LogP contribution in [-0.4, -0.2) is 20.8 Å². The van der Waals surface area contributed by atoms with Crippen LogP contribution in [-0.2, 0) is 24.2 Å². The van der Waals surface area contributed by atoms with E-state index in [0.717, 1.165) is 36.1 Å². The summed E-state index contributed by atoms with van der Waals surface area (Å²) >= 11 is 0. The fourth-order valence-electron chi connectivity index (χ4n) is 3.27. The van der Waals surface area contributed by atoms with E-state index >= 15 is 0 Å². The van der Waals surface area contributed by atoms with Crippen LogP contribution in [0, 0.1) is 0 Å². The van der Waals surface area contributed by atoms with Crippen molar-refractivity contribution in [1.29, 1.82) is 0 Å². The van der Waals surface area contributed by atoms with Crippen LogP contribution in [0.3, 0.4) is 0 Å². The van der Waals surface area contributed by atoms with Gasteiger partial charge >= 0.3 is 0 Å². The number of aliphatic hydroxyl groups is 1. The van der Waals surface area contributed by atoms with E-state index in [0.29, 0.717) is 6.04 Å². The number of hydrogen-bond acceptors (Lipinski definition) is 3. The lowest BCUT2D eigenvalue weighted by molar-refractivity contribution is -0.121. The van der Waals surface area contributed by atoms with Gasteiger partial charge in [0, 0.05) is 12.2 Å². The van der Waals surface area contributed by atoms with Crippen molar-refractivity contribution in [3.05, 3.63) is 52.8 Å². The number of aromatic nitrogens is 2. The fourth-order valence-corrected chi connectivity index (χ4v) is 3.27. The Hall–Kier alpha value is -2.14. The maximum atomic E-state index is 12.5. The van der Waals surface area contributed by atoms with Crippen LogP contribution in [0.1, 0.15) is 61.2 Å². The molecular weight excluding hydrogens is 302 g/mol. The van der Waals surface area contributed by atoms with Gasteiger partial charge in [0.25, 0.3) is 0 Å². The molecule has 3 rings (SSSR count). The summed E-state index contributed by atoms with van der Waals surface area (Å²) in [5, 5.41) is 17.2. The van der Waals surface area contributed by atoms with E-state index < -0.39 is 0 Å². The normalized spacial score (nSPS) is 16.9. The maximum Gasteiger partial charge on any atom is 0.224 e. The summed E-state index contributed by atoms with van der Waals surface area (Å²) < 4.78 is 1.98. The highest BCUT2D eigenvalue weighted by Crippen LogP contribution is 2.29. The van der Waals surface area contributed by atoms with Crippen molar-refractivity contribution in [1.82, 2.24) is 15.1 Å². The molecule has 5 nitrogen and oxygen atoms in total. The van der Waals surface area contributed by atoms with Crippen LogP contribution in [0.5, 0.6) is 0 Å². The topological polar surface area (TPSA) is 67.2 Å². The molecule has 0 fully saturated rings. The minimum absolute atomic E-state index is 0.0115. The molecule has 1 amide bonds. The minimum Gasteiger partial charge on any atom is -0.392 e. The molecule has 2 aromatic rings.